The predicted octanol–water partition coefficient (Wildman–Crippen LogP) is 3.38. The highest BCUT2D eigenvalue weighted by atomic mass is 32.2. The summed E-state index contributed by atoms with van der Waals surface area (Å²) in [6, 6.07) is 3.66. The number of carbonyl (C=O) groups is 1. The van der Waals surface area contributed by atoms with Gasteiger partial charge in [0.25, 0.3) is 0 Å². The zero-order chi connectivity index (χ0) is 18.0. The fraction of sp³-hybridized carbons (Fsp3) is 0.529. The Kier molecular flexibility index (Phi) is 5.78. The Morgan fingerprint density at radius 3 is 2.50 bits per heavy atom. The molecule has 0 unspecified atom stereocenters. The van der Waals surface area contributed by atoms with Crippen molar-refractivity contribution in [1.29, 1.82) is 0 Å². The van der Waals surface area contributed by atoms with Gasteiger partial charge in [-0.2, -0.15) is 0 Å². The van der Waals surface area contributed by atoms with E-state index in [4.69, 9.17) is 14.0 Å². The van der Waals surface area contributed by atoms with Gasteiger partial charge in [-0.3, -0.25) is 9.78 Å². The largest absolute Gasteiger partial charge is 0.494 e. The lowest BCUT2D eigenvalue weighted by molar-refractivity contribution is -0.109. The average Bonchev–Trinajstić information content (AvgIpc) is 2.71. The molecule has 0 aliphatic carbocycles. The summed E-state index contributed by atoms with van der Waals surface area (Å²) in [5, 5.41) is 0.0467. The predicted molar refractivity (Wildman–Crippen MR) is 98.0 cm³/mol. The first-order chi connectivity index (χ1) is 11.2. The van der Waals surface area contributed by atoms with Crippen LogP contribution in [0.15, 0.2) is 23.8 Å². The van der Waals surface area contributed by atoms with Gasteiger partial charge in [-0.05, 0) is 51.4 Å². The van der Waals surface area contributed by atoms with E-state index >= 15 is 0 Å². The van der Waals surface area contributed by atoms with Crippen LogP contribution in [0.3, 0.4) is 0 Å². The maximum Gasteiger partial charge on any atom is 0.491 e. The highest BCUT2D eigenvalue weighted by molar-refractivity contribution is 8.13. The summed E-state index contributed by atoms with van der Waals surface area (Å²) in [5.74, 6) is 1.14. The van der Waals surface area contributed by atoms with Crippen molar-refractivity contribution in [1.82, 2.24) is 4.98 Å². The van der Waals surface area contributed by atoms with E-state index in [1.54, 1.807) is 20.2 Å². The molecule has 1 aromatic rings. The third-order valence-corrected chi connectivity index (χ3v) is 5.22. The average molecular weight is 349 g/mol. The molecule has 0 spiro atoms. The lowest BCUT2D eigenvalue weighted by atomic mass is 9.78. The van der Waals surface area contributed by atoms with Crippen molar-refractivity contribution in [3.63, 3.8) is 0 Å². The molecule has 0 radical (unpaired) electrons. The van der Waals surface area contributed by atoms with Gasteiger partial charge in [0, 0.05) is 18.9 Å². The second kappa shape index (κ2) is 7.29. The molecule has 2 rings (SSSR count). The molecule has 0 atom stereocenters. The van der Waals surface area contributed by atoms with Gasteiger partial charge in [-0.25, -0.2) is 0 Å². The van der Waals surface area contributed by atoms with Gasteiger partial charge in [0.2, 0.25) is 0 Å². The van der Waals surface area contributed by atoms with Crippen LogP contribution in [0.1, 0.15) is 40.3 Å². The van der Waals surface area contributed by atoms with Gasteiger partial charge < -0.3 is 14.0 Å². The lowest BCUT2D eigenvalue weighted by Crippen LogP contribution is -2.41. The van der Waals surface area contributed by atoms with Crippen LogP contribution in [0.4, 0.5) is 0 Å². The molecule has 1 aromatic heterocycles. The Hall–Kier alpha value is -1.31. The number of thioether (sulfide) groups is 1. The first-order valence-corrected chi connectivity index (χ1v) is 8.83. The van der Waals surface area contributed by atoms with Crippen LogP contribution in [0.2, 0.25) is 0 Å². The number of hydrogen-bond acceptors (Lipinski definition) is 6. The minimum Gasteiger partial charge on any atom is -0.494 e. The molecule has 0 bridgehead atoms. The third kappa shape index (κ3) is 4.20. The van der Waals surface area contributed by atoms with Crippen molar-refractivity contribution >= 4 is 30.1 Å². The van der Waals surface area contributed by atoms with Gasteiger partial charge >= 0.3 is 7.12 Å². The fourth-order valence-corrected chi connectivity index (χ4v) is 2.81. The van der Waals surface area contributed by atoms with Gasteiger partial charge in [0.05, 0.1) is 18.3 Å². The Balaban J connectivity index is 2.35. The third-order valence-electron chi connectivity index (χ3n) is 4.34. The van der Waals surface area contributed by atoms with Gasteiger partial charge in [0.15, 0.2) is 5.12 Å². The number of nitrogens with zero attached hydrogens (tertiary/aromatic N) is 1. The number of hydrogen-bond donors (Lipinski definition) is 0. The van der Waals surface area contributed by atoms with Crippen molar-refractivity contribution < 1.29 is 18.8 Å². The molecular formula is C17H24BNO4S. The lowest BCUT2D eigenvalue weighted by Gasteiger charge is -2.32. The quantitative estimate of drug-likeness (QED) is 0.760. The van der Waals surface area contributed by atoms with E-state index in [0.29, 0.717) is 17.2 Å². The Morgan fingerprint density at radius 1 is 1.33 bits per heavy atom. The topological polar surface area (TPSA) is 57.7 Å². The first-order valence-electron chi connectivity index (χ1n) is 7.85. The molecule has 1 aliphatic heterocycles. The number of aromatic nitrogens is 1. The van der Waals surface area contributed by atoms with Gasteiger partial charge in [0.1, 0.15) is 11.4 Å². The molecule has 0 saturated carbocycles. The SMILES string of the molecule is COc1cccnc1C=C(CSC(C)=O)B1OC(C)(C)C(C)(C)O1. The van der Waals surface area contributed by atoms with Crippen LogP contribution in [-0.4, -0.2) is 41.3 Å². The van der Waals surface area contributed by atoms with Crippen molar-refractivity contribution in [3.8, 4) is 5.75 Å². The summed E-state index contributed by atoms with van der Waals surface area (Å²) in [4.78, 5) is 15.8. The van der Waals surface area contributed by atoms with E-state index in [1.165, 1.54) is 11.8 Å². The van der Waals surface area contributed by atoms with Crippen LogP contribution in [0.25, 0.3) is 6.08 Å². The molecule has 5 nitrogen and oxygen atoms in total. The number of ether oxygens (including phenoxy) is 1. The molecule has 1 fully saturated rings. The maximum atomic E-state index is 11.4. The maximum absolute atomic E-state index is 11.4. The molecular weight excluding hydrogens is 325 g/mol. The summed E-state index contributed by atoms with van der Waals surface area (Å²) in [7, 11) is 1.08. The summed E-state index contributed by atoms with van der Waals surface area (Å²) < 4.78 is 17.6. The van der Waals surface area contributed by atoms with Gasteiger partial charge in [-0.15, -0.1) is 0 Å². The second-order valence-electron chi connectivity index (χ2n) is 6.68. The van der Waals surface area contributed by atoms with Crippen LogP contribution in [0.5, 0.6) is 5.75 Å². The van der Waals surface area contributed by atoms with Crippen molar-refractivity contribution in [2.75, 3.05) is 12.9 Å². The molecule has 0 amide bonds. The van der Waals surface area contributed by atoms with E-state index in [1.807, 2.05) is 45.9 Å². The summed E-state index contributed by atoms with van der Waals surface area (Å²) >= 11 is 1.22. The second-order valence-corrected chi connectivity index (χ2v) is 7.83. The molecule has 2 heterocycles. The van der Waals surface area contributed by atoms with Gasteiger partial charge in [-0.1, -0.05) is 11.8 Å². The van der Waals surface area contributed by atoms with Crippen LogP contribution in [-0.2, 0) is 14.1 Å². The molecule has 130 valence electrons. The normalized spacial score (nSPS) is 19.4. The summed E-state index contributed by atoms with van der Waals surface area (Å²) in [5.41, 5.74) is 0.664. The van der Waals surface area contributed by atoms with E-state index in [2.05, 4.69) is 4.98 Å². The molecule has 1 aliphatic rings. The zero-order valence-corrected chi connectivity index (χ0v) is 15.9. The molecule has 1 saturated heterocycles. The minimum absolute atomic E-state index is 0.0467. The van der Waals surface area contributed by atoms with Crippen molar-refractivity contribution in [3.05, 3.63) is 29.5 Å². The standard InChI is InChI=1S/C17H24BNO4S/c1-12(20)24-11-13(10-14-15(21-6)8-7-9-19-14)18-22-16(2,3)17(4,5)23-18/h7-10H,11H2,1-6H3. The fourth-order valence-electron chi connectivity index (χ4n) is 2.22. The van der Waals surface area contributed by atoms with E-state index in [9.17, 15) is 4.79 Å². The number of methoxy groups -OCH3 is 1. The Bertz CT molecular complexity index is 629. The monoisotopic (exact) mass is 349 g/mol. The highest BCUT2D eigenvalue weighted by Gasteiger charge is 2.52. The van der Waals surface area contributed by atoms with E-state index < -0.39 is 18.3 Å². The number of pyridine rings is 1. The summed E-state index contributed by atoms with van der Waals surface area (Å²) in [6.07, 6.45) is 3.59. The molecule has 24 heavy (non-hydrogen) atoms. The van der Waals surface area contributed by atoms with Crippen molar-refractivity contribution in [2.24, 2.45) is 0 Å². The first kappa shape index (κ1) is 19.0. The zero-order valence-electron chi connectivity index (χ0n) is 15.1. The molecule has 0 aromatic carbocycles. The minimum atomic E-state index is -0.520. The van der Waals surface area contributed by atoms with E-state index in [-0.39, 0.29) is 5.12 Å². The Morgan fingerprint density at radius 2 is 1.96 bits per heavy atom. The van der Waals surface area contributed by atoms with Crippen LogP contribution in [0, 0.1) is 0 Å². The van der Waals surface area contributed by atoms with Crippen LogP contribution >= 0.6 is 11.8 Å². The summed E-state index contributed by atoms with van der Waals surface area (Å²) in [6.45, 7) is 9.57. The molecule has 0 N–H and O–H groups in total. The highest BCUT2D eigenvalue weighted by Crippen LogP contribution is 2.39. The molecule has 7 heteroatoms. The van der Waals surface area contributed by atoms with Crippen LogP contribution < -0.4 is 4.74 Å². The number of rotatable bonds is 5. The van der Waals surface area contributed by atoms with Crippen molar-refractivity contribution in [2.45, 2.75) is 45.8 Å². The van der Waals surface area contributed by atoms with E-state index in [0.717, 1.165) is 5.47 Å². The Labute approximate surface area is 148 Å². The number of carbonyl (C=O) groups excluding carboxylic acids is 1. The smallest absolute Gasteiger partial charge is 0.491 e.